The highest BCUT2D eigenvalue weighted by atomic mass is 16.3. The number of aliphatic hydroxyl groups excluding tert-OH is 1. The quantitative estimate of drug-likeness (QED) is 0.611. The van der Waals surface area contributed by atoms with Gasteiger partial charge in [-0.15, -0.1) is 0 Å². The Morgan fingerprint density at radius 3 is 2.67 bits per heavy atom. The van der Waals surface area contributed by atoms with Crippen LogP contribution in [0.15, 0.2) is 24.3 Å². The second kappa shape index (κ2) is 4.09. The summed E-state index contributed by atoms with van der Waals surface area (Å²) in [4.78, 5) is 0. The zero-order valence-electron chi connectivity index (χ0n) is 6.77. The van der Waals surface area contributed by atoms with Crippen molar-refractivity contribution in [2.24, 2.45) is 5.73 Å². The van der Waals surface area contributed by atoms with Crippen molar-refractivity contribution in [1.82, 2.24) is 0 Å². The standard InChI is InChI=1S/C9H13NO2/c10-5-8(6-11)7-2-1-3-9(12)4-7/h1-4,8,11-12H,5-6,10H2. The van der Waals surface area contributed by atoms with E-state index in [-0.39, 0.29) is 18.3 Å². The first-order chi connectivity index (χ1) is 5.77. The van der Waals surface area contributed by atoms with E-state index in [9.17, 15) is 0 Å². The molecule has 1 unspecified atom stereocenters. The van der Waals surface area contributed by atoms with Crippen LogP contribution in [-0.4, -0.2) is 23.4 Å². The summed E-state index contributed by atoms with van der Waals surface area (Å²) < 4.78 is 0. The summed E-state index contributed by atoms with van der Waals surface area (Å²) in [6.07, 6.45) is 0. The van der Waals surface area contributed by atoms with Crippen molar-refractivity contribution < 1.29 is 10.2 Å². The van der Waals surface area contributed by atoms with Crippen molar-refractivity contribution in [3.05, 3.63) is 29.8 Å². The Hall–Kier alpha value is -1.06. The van der Waals surface area contributed by atoms with Crippen LogP contribution in [0.1, 0.15) is 11.5 Å². The van der Waals surface area contributed by atoms with E-state index in [0.29, 0.717) is 6.54 Å². The second-order valence-electron chi connectivity index (χ2n) is 2.71. The van der Waals surface area contributed by atoms with E-state index in [0.717, 1.165) is 5.56 Å². The van der Waals surface area contributed by atoms with Gasteiger partial charge in [0, 0.05) is 12.5 Å². The Bertz CT molecular complexity index is 246. The van der Waals surface area contributed by atoms with E-state index >= 15 is 0 Å². The number of aromatic hydroxyl groups is 1. The van der Waals surface area contributed by atoms with Gasteiger partial charge in [-0.2, -0.15) is 0 Å². The molecule has 0 aliphatic rings. The summed E-state index contributed by atoms with van der Waals surface area (Å²) in [5, 5.41) is 18.0. The first-order valence-electron chi connectivity index (χ1n) is 3.87. The third-order valence-corrected chi connectivity index (χ3v) is 1.85. The summed E-state index contributed by atoms with van der Waals surface area (Å²) >= 11 is 0. The van der Waals surface area contributed by atoms with Gasteiger partial charge in [0.05, 0.1) is 6.61 Å². The lowest BCUT2D eigenvalue weighted by Gasteiger charge is -2.11. The fraction of sp³-hybridized carbons (Fsp3) is 0.333. The van der Waals surface area contributed by atoms with Gasteiger partial charge in [0.25, 0.3) is 0 Å². The van der Waals surface area contributed by atoms with Crippen LogP contribution in [0.3, 0.4) is 0 Å². The Balaban J connectivity index is 2.85. The molecule has 1 rings (SSSR count). The summed E-state index contributed by atoms with van der Waals surface area (Å²) in [6, 6.07) is 6.79. The van der Waals surface area contributed by atoms with Gasteiger partial charge in [-0.1, -0.05) is 12.1 Å². The first kappa shape index (κ1) is 9.03. The average molecular weight is 167 g/mol. The monoisotopic (exact) mass is 167 g/mol. The molecule has 1 aromatic carbocycles. The van der Waals surface area contributed by atoms with Crippen LogP contribution in [0.5, 0.6) is 5.75 Å². The SMILES string of the molecule is NCC(CO)c1cccc(O)c1. The maximum atomic E-state index is 9.13. The van der Waals surface area contributed by atoms with Gasteiger partial charge in [0.2, 0.25) is 0 Å². The van der Waals surface area contributed by atoms with E-state index in [1.54, 1.807) is 18.2 Å². The summed E-state index contributed by atoms with van der Waals surface area (Å²) in [5.41, 5.74) is 6.30. The lowest BCUT2D eigenvalue weighted by atomic mass is 10.0. The molecule has 0 aromatic heterocycles. The van der Waals surface area contributed by atoms with E-state index in [1.165, 1.54) is 0 Å². The molecule has 0 saturated carbocycles. The lowest BCUT2D eigenvalue weighted by molar-refractivity contribution is 0.267. The lowest BCUT2D eigenvalue weighted by Crippen LogP contribution is -2.15. The minimum atomic E-state index is -0.0721. The van der Waals surface area contributed by atoms with Crippen molar-refractivity contribution in [3.63, 3.8) is 0 Å². The maximum absolute atomic E-state index is 9.13. The van der Waals surface area contributed by atoms with E-state index in [4.69, 9.17) is 15.9 Å². The van der Waals surface area contributed by atoms with Crippen molar-refractivity contribution in [1.29, 1.82) is 0 Å². The number of benzene rings is 1. The highest BCUT2D eigenvalue weighted by molar-refractivity contribution is 5.29. The molecule has 0 spiro atoms. The van der Waals surface area contributed by atoms with Gasteiger partial charge in [-0.3, -0.25) is 0 Å². The molecule has 0 bridgehead atoms. The molecule has 0 saturated heterocycles. The molecule has 1 atom stereocenters. The average Bonchev–Trinajstić information content (AvgIpc) is 2.07. The van der Waals surface area contributed by atoms with E-state index in [1.807, 2.05) is 6.07 Å². The largest absolute Gasteiger partial charge is 0.508 e. The molecule has 0 radical (unpaired) electrons. The van der Waals surface area contributed by atoms with Crippen LogP contribution in [-0.2, 0) is 0 Å². The van der Waals surface area contributed by atoms with Crippen LogP contribution in [0, 0.1) is 0 Å². The Morgan fingerprint density at radius 2 is 2.17 bits per heavy atom. The Kier molecular flexibility index (Phi) is 3.08. The van der Waals surface area contributed by atoms with Crippen LogP contribution < -0.4 is 5.73 Å². The molecule has 0 fully saturated rings. The molecular weight excluding hydrogens is 154 g/mol. The topological polar surface area (TPSA) is 66.5 Å². The Morgan fingerprint density at radius 1 is 1.42 bits per heavy atom. The molecule has 12 heavy (non-hydrogen) atoms. The van der Waals surface area contributed by atoms with Crippen LogP contribution in [0.2, 0.25) is 0 Å². The molecule has 0 heterocycles. The maximum Gasteiger partial charge on any atom is 0.115 e. The molecule has 66 valence electrons. The molecular formula is C9H13NO2. The zero-order valence-corrected chi connectivity index (χ0v) is 6.77. The zero-order chi connectivity index (χ0) is 8.97. The molecule has 4 N–H and O–H groups in total. The van der Waals surface area contributed by atoms with Crippen LogP contribution >= 0.6 is 0 Å². The second-order valence-corrected chi connectivity index (χ2v) is 2.71. The fourth-order valence-corrected chi connectivity index (χ4v) is 1.09. The normalized spacial score (nSPS) is 12.8. The van der Waals surface area contributed by atoms with Crippen molar-refractivity contribution in [3.8, 4) is 5.75 Å². The van der Waals surface area contributed by atoms with E-state index in [2.05, 4.69) is 0 Å². The van der Waals surface area contributed by atoms with Gasteiger partial charge in [0.1, 0.15) is 5.75 Å². The predicted molar refractivity (Wildman–Crippen MR) is 47.0 cm³/mol. The van der Waals surface area contributed by atoms with Gasteiger partial charge in [-0.25, -0.2) is 0 Å². The van der Waals surface area contributed by atoms with Crippen LogP contribution in [0.4, 0.5) is 0 Å². The number of hydrogen-bond acceptors (Lipinski definition) is 3. The van der Waals surface area contributed by atoms with Gasteiger partial charge in [-0.05, 0) is 17.7 Å². The molecule has 0 amide bonds. The van der Waals surface area contributed by atoms with Crippen molar-refractivity contribution in [2.75, 3.05) is 13.2 Å². The van der Waals surface area contributed by atoms with Gasteiger partial charge < -0.3 is 15.9 Å². The third-order valence-electron chi connectivity index (χ3n) is 1.85. The number of aliphatic hydroxyl groups is 1. The number of phenolic OH excluding ortho intramolecular Hbond substituents is 1. The van der Waals surface area contributed by atoms with E-state index < -0.39 is 0 Å². The molecule has 0 aliphatic carbocycles. The van der Waals surface area contributed by atoms with Crippen molar-refractivity contribution >= 4 is 0 Å². The minimum Gasteiger partial charge on any atom is -0.508 e. The Labute approximate surface area is 71.5 Å². The molecule has 0 aliphatic heterocycles. The third kappa shape index (κ3) is 1.96. The number of hydrogen-bond donors (Lipinski definition) is 3. The minimum absolute atomic E-state index is 0.0138. The summed E-state index contributed by atoms with van der Waals surface area (Å²) in [7, 11) is 0. The number of rotatable bonds is 3. The highest BCUT2D eigenvalue weighted by Gasteiger charge is 2.07. The number of nitrogens with two attached hydrogens (primary N) is 1. The molecule has 1 aromatic rings. The van der Waals surface area contributed by atoms with Crippen molar-refractivity contribution in [2.45, 2.75) is 5.92 Å². The fourth-order valence-electron chi connectivity index (χ4n) is 1.09. The summed E-state index contributed by atoms with van der Waals surface area (Å²) in [5.74, 6) is 0.136. The highest BCUT2D eigenvalue weighted by Crippen LogP contribution is 2.18. The van der Waals surface area contributed by atoms with Crippen LogP contribution in [0.25, 0.3) is 0 Å². The van der Waals surface area contributed by atoms with Gasteiger partial charge >= 0.3 is 0 Å². The molecule has 3 nitrogen and oxygen atoms in total. The number of phenols is 1. The first-order valence-corrected chi connectivity index (χ1v) is 3.87. The summed E-state index contributed by atoms with van der Waals surface area (Å²) in [6.45, 7) is 0.403. The predicted octanol–water partition coefficient (Wildman–Crippen LogP) is 0.427. The smallest absolute Gasteiger partial charge is 0.115 e. The molecule has 3 heteroatoms. The van der Waals surface area contributed by atoms with Gasteiger partial charge in [0.15, 0.2) is 0 Å².